The Morgan fingerprint density at radius 3 is 2.37 bits per heavy atom. The zero-order valence-electron chi connectivity index (χ0n) is 18.3. The first kappa shape index (κ1) is 22.4. The van der Waals surface area contributed by atoms with E-state index < -0.39 is 5.60 Å². The Bertz CT molecular complexity index is 731. The molecule has 2 saturated heterocycles. The fraction of sp³-hybridized carbons (Fsp3) is 0.636. The SMILES string of the molecule is CNC(=O)[C@H]1CN(CC2(O)CCN(c3ccc(OC)cc3)CC2)CCN(C(C)=O)C1. The third-order valence-electron chi connectivity index (χ3n) is 6.32. The number of carbonyl (C=O) groups excluding carboxylic acids is 2. The number of amides is 2. The molecule has 0 aromatic heterocycles. The van der Waals surface area contributed by atoms with Gasteiger partial charge < -0.3 is 25.0 Å². The van der Waals surface area contributed by atoms with Crippen LogP contribution in [-0.4, -0.2) is 92.3 Å². The second-order valence-corrected chi connectivity index (χ2v) is 8.42. The topological polar surface area (TPSA) is 85.3 Å². The third kappa shape index (κ3) is 5.43. The number of methoxy groups -OCH3 is 1. The van der Waals surface area contributed by atoms with Crippen molar-refractivity contribution in [1.29, 1.82) is 0 Å². The van der Waals surface area contributed by atoms with Crippen molar-refractivity contribution in [3.05, 3.63) is 24.3 Å². The molecule has 1 atom stereocenters. The van der Waals surface area contributed by atoms with E-state index >= 15 is 0 Å². The van der Waals surface area contributed by atoms with Crippen LogP contribution < -0.4 is 15.0 Å². The Morgan fingerprint density at radius 2 is 1.80 bits per heavy atom. The molecule has 2 aliphatic rings. The number of benzene rings is 1. The van der Waals surface area contributed by atoms with Gasteiger partial charge in [0.2, 0.25) is 11.8 Å². The van der Waals surface area contributed by atoms with Crippen LogP contribution in [0, 0.1) is 5.92 Å². The van der Waals surface area contributed by atoms with Gasteiger partial charge in [-0.25, -0.2) is 0 Å². The van der Waals surface area contributed by atoms with Crippen molar-refractivity contribution in [1.82, 2.24) is 15.1 Å². The van der Waals surface area contributed by atoms with Gasteiger partial charge in [0.25, 0.3) is 0 Å². The molecule has 2 fully saturated rings. The number of ether oxygens (including phenoxy) is 1. The number of hydrogen-bond donors (Lipinski definition) is 2. The first-order chi connectivity index (χ1) is 14.3. The molecule has 2 N–H and O–H groups in total. The summed E-state index contributed by atoms with van der Waals surface area (Å²) in [5.74, 6) is 0.467. The summed E-state index contributed by atoms with van der Waals surface area (Å²) in [6.07, 6.45) is 1.33. The minimum atomic E-state index is -0.790. The largest absolute Gasteiger partial charge is 0.497 e. The molecule has 166 valence electrons. The summed E-state index contributed by atoms with van der Waals surface area (Å²) in [6.45, 7) is 5.82. The van der Waals surface area contributed by atoms with Crippen molar-refractivity contribution in [3.8, 4) is 5.75 Å². The van der Waals surface area contributed by atoms with Crippen molar-refractivity contribution < 1.29 is 19.4 Å². The molecule has 0 unspecified atom stereocenters. The van der Waals surface area contributed by atoms with Gasteiger partial charge in [0, 0.05) is 65.5 Å². The number of anilines is 1. The van der Waals surface area contributed by atoms with Crippen LogP contribution in [0.5, 0.6) is 5.75 Å². The van der Waals surface area contributed by atoms with E-state index in [1.165, 1.54) is 0 Å². The standard InChI is InChI=1S/C22H34N4O4/c1-17(27)26-13-12-24(14-18(15-26)21(28)23-2)16-22(29)8-10-25(11-9-22)19-4-6-20(30-3)7-5-19/h4-7,18,29H,8-16H2,1-3H3,(H,23,28)/t18-/m0/s1. The summed E-state index contributed by atoms with van der Waals surface area (Å²) in [4.78, 5) is 30.3. The average molecular weight is 419 g/mol. The highest BCUT2D eigenvalue weighted by atomic mass is 16.5. The van der Waals surface area contributed by atoms with Crippen LogP contribution in [0.3, 0.4) is 0 Å². The molecule has 2 amide bonds. The maximum Gasteiger partial charge on any atom is 0.225 e. The van der Waals surface area contributed by atoms with E-state index in [1.807, 2.05) is 24.3 Å². The molecule has 0 aliphatic carbocycles. The summed E-state index contributed by atoms with van der Waals surface area (Å²) < 4.78 is 5.22. The first-order valence-electron chi connectivity index (χ1n) is 10.6. The molecule has 0 saturated carbocycles. The minimum absolute atomic E-state index is 0.0164. The second kappa shape index (κ2) is 9.66. The summed E-state index contributed by atoms with van der Waals surface area (Å²) in [5, 5.41) is 14.0. The molecule has 30 heavy (non-hydrogen) atoms. The quantitative estimate of drug-likeness (QED) is 0.727. The van der Waals surface area contributed by atoms with E-state index in [4.69, 9.17) is 4.74 Å². The van der Waals surface area contributed by atoms with Gasteiger partial charge in [-0.05, 0) is 37.1 Å². The zero-order valence-corrected chi connectivity index (χ0v) is 18.3. The molecule has 8 nitrogen and oxygen atoms in total. The smallest absolute Gasteiger partial charge is 0.225 e. The van der Waals surface area contributed by atoms with Crippen molar-refractivity contribution in [2.24, 2.45) is 5.92 Å². The van der Waals surface area contributed by atoms with Crippen LogP contribution in [0.2, 0.25) is 0 Å². The van der Waals surface area contributed by atoms with Crippen LogP contribution >= 0.6 is 0 Å². The molecule has 0 bridgehead atoms. The number of aliphatic hydroxyl groups is 1. The fourth-order valence-electron chi connectivity index (χ4n) is 4.43. The van der Waals surface area contributed by atoms with Gasteiger partial charge >= 0.3 is 0 Å². The van der Waals surface area contributed by atoms with Crippen LogP contribution in [0.25, 0.3) is 0 Å². The van der Waals surface area contributed by atoms with E-state index in [9.17, 15) is 14.7 Å². The van der Waals surface area contributed by atoms with Gasteiger partial charge in [-0.3, -0.25) is 14.5 Å². The second-order valence-electron chi connectivity index (χ2n) is 8.42. The van der Waals surface area contributed by atoms with Crippen LogP contribution in [0.1, 0.15) is 19.8 Å². The summed E-state index contributed by atoms with van der Waals surface area (Å²) in [5.41, 5.74) is 0.339. The molecule has 8 heteroatoms. The normalized spacial score (nSPS) is 22.3. The van der Waals surface area contributed by atoms with Gasteiger partial charge in [-0.2, -0.15) is 0 Å². The first-order valence-corrected chi connectivity index (χ1v) is 10.6. The van der Waals surface area contributed by atoms with Crippen molar-refractivity contribution >= 4 is 17.5 Å². The minimum Gasteiger partial charge on any atom is -0.497 e. The van der Waals surface area contributed by atoms with E-state index in [0.29, 0.717) is 45.6 Å². The number of piperidine rings is 1. The third-order valence-corrected chi connectivity index (χ3v) is 6.32. The monoisotopic (exact) mass is 418 g/mol. The molecule has 0 radical (unpaired) electrons. The van der Waals surface area contributed by atoms with E-state index in [1.54, 1.807) is 26.0 Å². The van der Waals surface area contributed by atoms with Crippen LogP contribution in [0.15, 0.2) is 24.3 Å². The van der Waals surface area contributed by atoms with Gasteiger partial charge in [-0.15, -0.1) is 0 Å². The Labute approximate surface area is 178 Å². The van der Waals surface area contributed by atoms with E-state index in [0.717, 1.165) is 24.5 Å². The van der Waals surface area contributed by atoms with Gasteiger partial charge in [-0.1, -0.05) is 0 Å². The Balaban J connectivity index is 1.60. The maximum absolute atomic E-state index is 12.3. The number of rotatable bonds is 5. The molecule has 3 rings (SSSR count). The molecule has 2 heterocycles. The van der Waals surface area contributed by atoms with Gasteiger partial charge in [0.05, 0.1) is 18.6 Å². The summed E-state index contributed by atoms with van der Waals surface area (Å²) >= 11 is 0. The maximum atomic E-state index is 12.3. The highest BCUT2D eigenvalue weighted by molar-refractivity contribution is 5.80. The molecule has 0 spiro atoms. The predicted molar refractivity (Wildman–Crippen MR) is 116 cm³/mol. The number of β-amino-alcohol motifs (C(OH)–C–C–N with tert-alkyl or cyclic N) is 1. The molecule has 2 aliphatic heterocycles. The van der Waals surface area contributed by atoms with Crippen LogP contribution in [0.4, 0.5) is 5.69 Å². The van der Waals surface area contributed by atoms with E-state index in [2.05, 4.69) is 15.1 Å². The fourth-order valence-corrected chi connectivity index (χ4v) is 4.43. The highest BCUT2D eigenvalue weighted by Gasteiger charge is 2.37. The Hall–Kier alpha value is -2.32. The lowest BCUT2D eigenvalue weighted by molar-refractivity contribution is -0.131. The molecule has 1 aromatic rings. The number of nitrogens with one attached hydrogen (secondary N) is 1. The number of hydrogen-bond acceptors (Lipinski definition) is 6. The summed E-state index contributed by atoms with van der Waals surface area (Å²) in [6, 6.07) is 7.99. The number of carbonyl (C=O) groups is 2. The van der Waals surface area contributed by atoms with E-state index in [-0.39, 0.29) is 17.7 Å². The lowest BCUT2D eigenvalue weighted by Crippen LogP contribution is -2.52. The average Bonchev–Trinajstić information content (AvgIpc) is 2.96. The predicted octanol–water partition coefficient (Wildman–Crippen LogP) is 0.553. The summed E-state index contributed by atoms with van der Waals surface area (Å²) in [7, 11) is 3.28. The Morgan fingerprint density at radius 1 is 1.13 bits per heavy atom. The lowest BCUT2D eigenvalue weighted by atomic mass is 9.90. The Kier molecular flexibility index (Phi) is 7.20. The van der Waals surface area contributed by atoms with Gasteiger partial charge in [0.1, 0.15) is 5.75 Å². The molecular formula is C22H34N4O4. The van der Waals surface area contributed by atoms with Gasteiger partial charge in [0.15, 0.2) is 0 Å². The number of nitrogens with zero attached hydrogens (tertiary/aromatic N) is 3. The lowest BCUT2D eigenvalue weighted by Gasteiger charge is -2.42. The zero-order chi connectivity index (χ0) is 21.7. The van der Waals surface area contributed by atoms with Crippen molar-refractivity contribution in [2.75, 3.05) is 64.9 Å². The molecule has 1 aromatic carbocycles. The van der Waals surface area contributed by atoms with Crippen LogP contribution in [-0.2, 0) is 9.59 Å². The van der Waals surface area contributed by atoms with Crippen molar-refractivity contribution in [3.63, 3.8) is 0 Å². The highest BCUT2D eigenvalue weighted by Crippen LogP contribution is 2.29. The van der Waals surface area contributed by atoms with Crippen molar-refractivity contribution in [2.45, 2.75) is 25.4 Å². The molecular weight excluding hydrogens is 384 g/mol.